The summed E-state index contributed by atoms with van der Waals surface area (Å²) in [6, 6.07) is 13.4. The molecule has 1 atom stereocenters. The van der Waals surface area contributed by atoms with Crippen molar-refractivity contribution in [2.75, 3.05) is 0 Å². The minimum absolute atomic E-state index is 0.182. The number of nitrogens with one attached hydrogen (secondary N) is 1. The molecule has 0 spiro atoms. The maximum absolute atomic E-state index is 12.8. The normalized spacial score (nSPS) is 12.4. The van der Waals surface area contributed by atoms with Crippen molar-refractivity contribution in [2.24, 2.45) is 0 Å². The number of halogens is 2. The van der Waals surface area contributed by atoms with Gasteiger partial charge in [-0.3, -0.25) is 0 Å². The first-order chi connectivity index (χ1) is 9.54. The van der Waals surface area contributed by atoms with Gasteiger partial charge in [-0.15, -0.1) is 0 Å². The van der Waals surface area contributed by atoms with E-state index in [9.17, 15) is 4.39 Å². The molecule has 2 aromatic carbocycles. The van der Waals surface area contributed by atoms with Gasteiger partial charge >= 0.3 is 0 Å². The predicted octanol–water partition coefficient (Wildman–Crippen LogP) is 4.62. The Labute approximate surface area is 128 Å². The van der Waals surface area contributed by atoms with Crippen molar-refractivity contribution in [3.8, 4) is 0 Å². The molecule has 1 unspecified atom stereocenters. The monoisotopic (exact) mass is 335 g/mol. The third-order valence-corrected chi connectivity index (χ3v) is 4.04. The second kappa shape index (κ2) is 7.00. The van der Waals surface area contributed by atoms with Crippen LogP contribution in [-0.2, 0) is 13.0 Å². The van der Waals surface area contributed by atoms with E-state index in [1.165, 1.54) is 23.3 Å². The molecule has 0 aliphatic rings. The zero-order chi connectivity index (χ0) is 14.5. The summed E-state index contributed by atoms with van der Waals surface area (Å²) in [5.74, 6) is -0.182. The molecule has 0 aliphatic heterocycles. The molecule has 0 aromatic heterocycles. The summed E-state index contributed by atoms with van der Waals surface area (Å²) in [7, 11) is 0. The Morgan fingerprint density at radius 3 is 2.50 bits per heavy atom. The molecule has 1 N–H and O–H groups in total. The van der Waals surface area contributed by atoms with Crippen LogP contribution in [0.2, 0.25) is 0 Å². The topological polar surface area (TPSA) is 12.0 Å². The van der Waals surface area contributed by atoms with Gasteiger partial charge in [-0.2, -0.15) is 0 Å². The van der Waals surface area contributed by atoms with Gasteiger partial charge < -0.3 is 5.32 Å². The van der Waals surface area contributed by atoms with E-state index in [1.54, 1.807) is 0 Å². The molecule has 2 rings (SSSR count). The van der Waals surface area contributed by atoms with Gasteiger partial charge in [-0.25, -0.2) is 4.39 Å². The lowest BCUT2D eigenvalue weighted by molar-refractivity contribution is 0.543. The fourth-order valence-electron chi connectivity index (χ4n) is 2.13. The van der Waals surface area contributed by atoms with Gasteiger partial charge in [0.2, 0.25) is 0 Å². The molecular formula is C17H19BrFN. The van der Waals surface area contributed by atoms with Crippen LogP contribution in [0.3, 0.4) is 0 Å². The average Bonchev–Trinajstić information content (AvgIpc) is 2.40. The van der Waals surface area contributed by atoms with Crippen molar-refractivity contribution in [3.05, 3.63) is 69.4 Å². The van der Waals surface area contributed by atoms with Gasteiger partial charge in [0, 0.05) is 17.1 Å². The van der Waals surface area contributed by atoms with Crippen LogP contribution < -0.4 is 5.32 Å². The molecule has 106 valence electrons. The van der Waals surface area contributed by atoms with Gasteiger partial charge in [0.1, 0.15) is 5.82 Å². The zero-order valence-corrected chi connectivity index (χ0v) is 13.4. The highest BCUT2D eigenvalue weighted by Gasteiger charge is 2.05. The first kappa shape index (κ1) is 15.2. The summed E-state index contributed by atoms with van der Waals surface area (Å²) < 4.78 is 14.0. The van der Waals surface area contributed by atoms with Gasteiger partial charge in [0.25, 0.3) is 0 Å². The van der Waals surface area contributed by atoms with E-state index in [0.29, 0.717) is 6.04 Å². The van der Waals surface area contributed by atoms with Crippen LogP contribution in [0, 0.1) is 12.7 Å². The summed E-state index contributed by atoms with van der Waals surface area (Å²) in [4.78, 5) is 0. The third-order valence-electron chi connectivity index (χ3n) is 3.30. The molecular weight excluding hydrogens is 317 g/mol. The Kier molecular flexibility index (Phi) is 5.32. The van der Waals surface area contributed by atoms with Crippen LogP contribution >= 0.6 is 15.9 Å². The highest BCUT2D eigenvalue weighted by molar-refractivity contribution is 9.10. The third kappa shape index (κ3) is 4.43. The SMILES string of the molecule is Cc1ccc(CNC(C)Cc2ccc(F)cc2)c(Br)c1. The van der Waals surface area contributed by atoms with Crippen LogP contribution in [0.5, 0.6) is 0 Å². The quantitative estimate of drug-likeness (QED) is 0.840. The molecule has 20 heavy (non-hydrogen) atoms. The van der Waals surface area contributed by atoms with Crippen molar-refractivity contribution in [2.45, 2.75) is 32.9 Å². The van der Waals surface area contributed by atoms with E-state index in [1.807, 2.05) is 12.1 Å². The predicted molar refractivity (Wildman–Crippen MR) is 85.3 cm³/mol. The summed E-state index contributed by atoms with van der Waals surface area (Å²) in [5.41, 5.74) is 3.65. The van der Waals surface area contributed by atoms with Gasteiger partial charge in [0.15, 0.2) is 0 Å². The largest absolute Gasteiger partial charge is 0.310 e. The molecule has 0 amide bonds. The Morgan fingerprint density at radius 2 is 1.85 bits per heavy atom. The van der Waals surface area contributed by atoms with Crippen molar-refractivity contribution < 1.29 is 4.39 Å². The molecule has 0 radical (unpaired) electrons. The highest BCUT2D eigenvalue weighted by Crippen LogP contribution is 2.18. The van der Waals surface area contributed by atoms with Crippen LogP contribution in [0.25, 0.3) is 0 Å². The van der Waals surface area contributed by atoms with Crippen LogP contribution in [0.15, 0.2) is 46.9 Å². The lowest BCUT2D eigenvalue weighted by Gasteiger charge is -2.15. The molecule has 1 nitrogen and oxygen atoms in total. The minimum Gasteiger partial charge on any atom is -0.310 e. The molecule has 0 heterocycles. The number of aryl methyl sites for hydroxylation is 1. The molecule has 3 heteroatoms. The zero-order valence-electron chi connectivity index (χ0n) is 11.8. The lowest BCUT2D eigenvalue weighted by atomic mass is 10.1. The number of benzene rings is 2. The minimum atomic E-state index is -0.182. The van der Waals surface area contributed by atoms with Gasteiger partial charge in [0.05, 0.1) is 0 Å². The Bertz CT molecular complexity index is 566. The van der Waals surface area contributed by atoms with E-state index in [-0.39, 0.29) is 5.82 Å². The maximum Gasteiger partial charge on any atom is 0.123 e. The highest BCUT2D eigenvalue weighted by atomic mass is 79.9. The molecule has 0 aliphatic carbocycles. The van der Waals surface area contributed by atoms with Crippen molar-refractivity contribution in [1.82, 2.24) is 5.32 Å². The summed E-state index contributed by atoms with van der Waals surface area (Å²) >= 11 is 3.59. The fraction of sp³-hybridized carbons (Fsp3) is 0.294. The van der Waals surface area contributed by atoms with Crippen molar-refractivity contribution in [1.29, 1.82) is 0 Å². The Morgan fingerprint density at radius 1 is 1.15 bits per heavy atom. The smallest absolute Gasteiger partial charge is 0.123 e. The molecule has 0 saturated carbocycles. The van der Waals surface area contributed by atoms with Crippen LogP contribution in [0.4, 0.5) is 4.39 Å². The van der Waals surface area contributed by atoms with Crippen molar-refractivity contribution in [3.63, 3.8) is 0 Å². The lowest BCUT2D eigenvalue weighted by Crippen LogP contribution is -2.27. The van der Waals surface area contributed by atoms with Crippen LogP contribution in [-0.4, -0.2) is 6.04 Å². The standard InChI is InChI=1S/C17H19BrFN/c1-12-3-6-15(17(18)9-12)11-20-13(2)10-14-4-7-16(19)8-5-14/h3-9,13,20H,10-11H2,1-2H3. The number of hydrogen-bond donors (Lipinski definition) is 1. The van der Waals surface area contributed by atoms with E-state index in [0.717, 1.165) is 23.0 Å². The Hall–Kier alpha value is -1.19. The second-order valence-corrected chi connectivity index (χ2v) is 6.06. The molecule has 0 fully saturated rings. The average molecular weight is 336 g/mol. The molecule has 0 bridgehead atoms. The molecule has 0 saturated heterocycles. The van der Waals surface area contributed by atoms with Crippen molar-refractivity contribution >= 4 is 15.9 Å². The first-order valence-corrected chi connectivity index (χ1v) is 7.57. The maximum atomic E-state index is 12.8. The summed E-state index contributed by atoms with van der Waals surface area (Å²) in [6.45, 7) is 5.05. The fourth-order valence-corrected chi connectivity index (χ4v) is 2.76. The number of rotatable bonds is 5. The molecule has 2 aromatic rings. The van der Waals surface area contributed by atoms with E-state index >= 15 is 0 Å². The van der Waals surface area contributed by atoms with E-state index in [4.69, 9.17) is 0 Å². The second-order valence-electron chi connectivity index (χ2n) is 5.21. The number of hydrogen-bond acceptors (Lipinski definition) is 1. The summed E-state index contributed by atoms with van der Waals surface area (Å²) in [6.07, 6.45) is 0.893. The Balaban J connectivity index is 1.88. The van der Waals surface area contributed by atoms with Gasteiger partial charge in [-0.1, -0.05) is 40.2 Å². The van der Waals surface area contributed by atoms with Crippen LogP contribution in [0.1, 0.15) is 23.6 Å². The first-order valence-electron chi connectivity index (χ1n) is 6.77. The van der Waals surface area contributed by atoms with E-state index in [2.05, 4.69) is 53.3 Å². The van der Waals surface area contributed by atoms with Gasteiger partial charge in [-0.05, 0) is 55.2 Å². The summed E-state index contributed by atoms with van der Waals surface area (Å²) in [5, 5.41) is 3.50. The van der Waals surface area contributed by atoms with E-state index < -0.39 is 0 Å².